The Kier molecular flexibility index (Phi) is 3.80. The molecule has 0 saturated carbocycles. The van der Waals surface area contributed by atoms with Gasteiger partial charge in [-0.3, -0.25) is 4.40 Å². The van der Waals surface area contributed by atoms with Crippen molar-refractivity contribution in [2.45, 2.75) is 25.7 Å². The number of rotatable bonds is 3. The maximum atomic E-state index is 5.48. The summed E-state index contributed by atoms with van der Waals surface area (Å²) in [5, 5.41) is 8.70. The highest BCUT2D eigenvalue weighted by molar-refractivity contribution is 5.53. The number of hydrogen-bond acceptors (Lipinski definition) is 5. The molecule has 1 aliphatic heterocycles. The minimum absolute atomic E-state index is 0.425. The molecule has 1 aliphatic rings. The van der Waals surface area contributed by atoms with Crippen LogP contribution in [0.2, 0.25) is 0 Å². The van der Waals surface area contributed by atoms with Crippen molar-refractivity contribution in [1.29, 1.82) is 0 Å². The average Bonchev–Trinajstić information content (AvgIpc) is 3.06. The van der Waals surface area contributed by atoms with E-state index in [2.05, 4.69) is 24.5 Å². The van der Waals surface area contributed by atoms with Gasteiger partial charge in [-0.15, -0.1) is 10.2 Å². The normalized spacial score (nSPS) is 15.8. The second-order valence-electron chi connectivity index (χ2n) is 6.23. The van der Waals surface area contributed by atoms with Crippen LogP contribution in [0.25, 0.3) is 5.65 Å². The van der Waals surface area contributed by atoms with Gasteiger partial charge in [0, 0.05) is 30.9 Å². The molecule has 6 nitrogen and oxygen atoms in total. The summed E-state index contributed by atoms with van der Waals surface area (Å²) in [7, 11) is 1.70. The molecule has 0 N–H and O–H groups in total. The van der Waals surface area contributed by atoms with Gasteiger partial charge in [-0.1, -0.05) is 6.07 Å². The van der Waals surface area contributed by atoms with Gasteiger partial charge in [0.15, 0.2) is 17.2 Å². The summed E-state index contributed by atoms with van der Waals surface area (Å²) in [6.07, 6.45) is 4.12. The van der Waals surface area contributed by atoms with E-state index in [-0.39, 0.29) is 0 Å². The standard InChI is InChI=1S/C18H21N5O/c1-13-6-7-15(24-2)18(19-13)22-11-8-14(9-12-22)17-21-20-16-5-3-4-10-23(16)17/h3-7,10,14H,8-9,11-12H2,1-2H3. The van der Waals surface area contributed by atoms with E-state index in [0.717, 1.165) is 54.7 Å². The number of hydrogen-bond donors (Lipinski definition) is 0. The van der Waals surface area contributed by atoms with Gasteiger partial charge in [-0.2, -0.15) is 0 Å². The van der Waals surface area contributed by atoms with Gasteiger partial charge >= 0.3 is 0 Å². The van der Waals surface area contributed by atoms with Gasteiger partial charge < -0.3 is 9.64 Å². The fraction of sp³-hybridized carbons (Fsp3) is 0.389. The van der Waals surface area contributed by atoms with Crippen molar-refractivity contribution in [3.05, 3.63) is 48.0 Å². The quantitative estimate of drug-likeness (QED) is 0.742. The summed E-state index contributed by atoms with van der Waals surface area (Å²) in [5.41, 5.74) is 1.92. The van der Waals surface area contributed by atoms with Gasteiger partial charge in [0.05, 0.1) is 7.11 Å². The number of fused-ring (bicyclic) bond motifs is 1. The van der Waals surface area contributed by atoms with Crippen molar-refractivity contribution in [3.63, 3.8) is 0 Å². The number of nitrogens with zero attached hydrogens (tertiary/aromatic N) is 5. The Morgan fingerprint density at radius 2 is 1.92 bits per heavy atom. The lowest BCUT2D eigenvalue weighted by atomic mass is 9.96. The lowest BCUT2D eigenvalue weighted by Crippen LogP contribution is -2.34. The van der Waals surface area contributed by atoms with E-state index < -0.39 is 0 Å². The van der Waals surface area contributed by atoms with Crippen LogP contribution in [0.15, 0.2) is 36.5 Å². The average molecular weight is 323 g/mol. The fourth-order valence-electron chi connectivity index (χ4n) is 3.40. The van der Waals surface area contributed by atoms with E-state index in [1.54, 1.807) is 7.11 Å². The number of piperidine rings is 1. The van der Waals surface area contributed by atoms with Crippen LogP contribution in [0, 0.1) is 6.92 Å². The Bertz CT molecular complexity index is 851. The Hall–Kier alpha value is -2.63. The van der Waals surface area contributed by atoms with Crippen molar-refractivity contribution in [2.24, 2.45) is 0 Å². The van der Waals surface area contributed by atoms with Crippen molar-refractivity contribution < 1.29 is 4.74 Å². The second kappa shape index (κ2) is 6.11. The Balaban J connectivity index is 1.54. The van der Waals surface area contributed by atoms with Crippen LogP contribution in [-0.4, -0.2) is 39.8 Å². The van der Waals surface area contributed by atoms with Crippen LogP contribution in [-0.2, 0) is 0 Å². The van der Waals surface area contributed by atoms with E-state index >= 15 is 0 Å². The van der Waals surface area contributed by atoms with Crippen molar-refractivity contribution in [2.75, 3.05) is 25.1 Å². The second-order valence-corrected chi connectivity index (χ2v) is 6.23. The smallest absolute Gasteiger partial charge is 0.171 e. The van der Waals surface area contributed by atoms with E-state index in [1.807, 2.05) is 43.5 Å². The van der Waals surface area contributed by atoms with Gasteiger partial charge in [-0.05, 0) is 44.0 Å². The molecule has 4 heterocycles. The molecule has 24 heavy (non-hydrogen) atoms. The Morgan fingerprint density at radius 1 is 1.08 bits per heavy atom. The number of aryl methyl sites for hydroxylation is 1. The van der Waals surface area contributed by atoms with Gasteiger partial charge in [0.2, 0.25) is 0 Å². The zero-order valence-electron chi connectivity index (χ0n) is 14.0. The summed E-state index contributed by atoms with van der Waals surface area (Å²) in [6, 6.07) is 9.99. The lowest BCUT2D eigenvalue weighted by molar-refractivity contribution is 0.407. The summed E-state index contributed by atoms with van der Waals surface area (Å²) in [4.78, 5) is 6.98. The summed E-state index contributed by atoms with van der Waals surface area (Å²) >= 11 is 0. The molecule has 3 aromatic heterocycles. The minimum Gasteiger partial charge on any atom is -0.493 e. The molecule has 0 radical (unpaired) electrons. The van der Waals surface area contributed by atoms with E-state index in [0.29, 0.717) is 5.92 Å². The molecule has 6 heteroatoms. The molecule has 4 rings (SSSR count). The van der Waals surface area contributed by atoms with Crippen molar-refractivity contribution in [1.82, 2.24) is 19.6 Å². The minimum atomic E-state index is 0.425. The number of anilines is 1. The molecule has 0 aromatic carbocycles. The molecule has 3 aromatic rings. The predicted molar refractivity (Wildman–Crippen MR) is 92.7 cm³/mol. The van der Waals surface area contributed by atoms with E-state index in [4.69, 9.17) is 4.74 Å². The topological polar surface area (TPSA) is 55.5 Å². The maximum Gasteiger partial charge on any atom is 0.171 e. The number of methoxy groups -OCH3 is 1. The molecule has 124 valence electrons. The Labute approximate surface area is 141 Å². The molecule has 1 fully saturated rings. The molecular weight excluding hydrogens is 302 g/mol. The lowest BCUT2D eigenvalue weighted by Gasteiger charge is -2.32. The number of pyridine rings is 2. The molecule has 0 amide bonds. The Morgan fingerprint density at radius 3 is 2.71 bits per heavy atom. The highest BCUT2D eigenvalue weighted by Gasteiger charge is 2.26. The monoisotopic (exact) mass is 323 g/mol. The van der Waals surface area contributed by atoms with Crippen molar-refractivity contribution in [3.8, 4) is 5.75 Å². The predicted octanol–water partition coefficient (Wildman–Crippen LogP) is 2.83. The number of aromatic nitrogens is 4. The zero-order valence-corrected chi connectivity index (χ0v) is 14.0. The molecule has 0 aliphatic carbocycles. The third kappa shape index (κ3) is 2.58. The highest BCUT2D eigenvalue weighted by Crippen LogP contribution is 2.33. The van der Waals surface area contributed by atoms with E-state index in [1.165, 1.54) is 0 Å². The van der Waals surface area contributed by atoms with Gasteiger partial charge in [0.25, 0.3) is 0 Å². The molecule has 0 spiro atoms. The van der Waals surface area contributed by atoms with Crippen LogP contribution < -0.4 is 9.64 Å². The first kappa shape index (κ1) is 14.9. The molecule has 1 saturated heterocycles. The van der Waals surface area contributed by atoms with Crippen LogP contribution in [0.1, 0.15) is 30.3 Å². The first-order chi connectivity index (χ1) is 11.8. The molecule has 0 atom stereocenters. The largest absolute Gasteiger partial charge is 0.493 e. The number of ether oxygens (including phenoxy) is 1. The first-order valence-electron chi connectivity index (χ1n) is 8.32. The third-order valence-electron chi connectivity index (χ3n) is 4.70. The summed E-state index contributed by atoms with van der Waals surface area (Å²) in [5.74, 6) is 3.28. The molecular formula is C18H21N5O. The molecule has 0 unspecified atom stereocenters. The van der Waals surface area contributed by atoms with Crippen LogP contribution in [0.5, 0.6) is 5.75 Å². The van der Waals surface area contributed by atoms with Gasteiger partial charge in [-0.25, -0.2) is 4.98 Å². The zero-order chi connectivity index (χ0) is 16.5. The summed E-state index contributed by atoms with van der Waals surface area (Å²) in [6.45, 7) is 3.90. The summed E-state index contributed by atoms with van der Waals surface area (Å²) < 4.78 is 7.58. The van der Waals surface area contributed by atoms with Crippen LogP contribution in [0.3, 0.4) is 0 Å². The van der Waals surface area contributed by atoms with Gasteiger partial charge in [0.1, 0.15) is 5.82 Å². The first-order valence-corrected chi connectivity index (χ1v) is 8.32. The highest BCUT2D eigenvalue weighted by atomic mass is 16.5. The molecule has 0 bridgehead atoms. The van der Waals surface area contributed by atoms with Crippen LogP contribution in [0.4, 0.5) is 5.82 Å². The SMILES string of the molecule is COc1ccc(C)nc1N1CCC(c2nnc3ccccn23)CC1. The fourth-order valence-corrected chi connectivity index (χ4v) is 3.40. The third-order valence-corrected chi connectivity index (χ3v) is 4.70. The van der Waals surface area contributed by atoms with Crippen LogP contribution >= 0.6 is 0 Å². The van der Waals surface area contributed by atoms with Crippen molar-refractivity contribution >= 4 is 11.5 Å². The van der Waals surface area contributed by atoms with E-state index in [9.17, 15) is 0 Å². The maximum absolute atomic E-state index is 5.48.